The summed E-state index contributed by atoms with van der Waals surface area (Å²) in [5.41, 5.74) is 4.10. The molecule has 1 fully saturated rings. The highest BCUT2D eigenvalue weighted by Crippen LogP contribution is 2.29. The van der Waals surface area contributed by atoms with Gasteiger partial charge in [-0.3, -0.25) is 0 Å². The lowest BCUT2D eigenvalue weighted by molar-refractivity contribution is 0.136. The molecule has 21 heavy (non-hydrogen) atoms. The first-order valence-electron chi connectivity index (χ1n) is 8.04. The maximum atomic E-state index is 9.80. The Morgan fingerprint density at radius 2 is 2.10 bits per heavy atom. The summed E-state index contributed by atoms with van der Waals surface area (Å²) in [4.78, 5) is 2.43. The first kappa shape index (κ1) is 16.3. The number of anilines is 1. The molecule has 1 aromatic carbocycles. The van der Waals surface area contributed by atoms with Crippen LogP contribution in [0.1, 0.15) is 45.2 Å². The average molecular weight is 290 g/mol. The van der Waals surface area contributed by atoms with Crippen LogP contribution in [-0.2, 0) is 6.54 Å². The molecule has 2 atom stereocenters. The van der Waals surface area contributed by atoms with Crippen molar-refractivity contribution in [3.8, 4) is 0 Å². The fraction of sp³-hybridized carbons (Fsp3) is 0.667. The van der Waals surface area contributed by atoms with Gasteiger partial charge in [0.25, 0.3) is 0 Å². The third-order valence-electron chi connectivity index (χ3n) is 4.29. The fourth-order valence-electron chi connectivity index (χ4n) is 2.92. The zero-order valence-corrected chi connectivity index (χ0v) is 14.1. The van der Waals surface area contributed by atoms with Crippen LogP contribution in [0.15, 0.2) is 18.2 Å². The zero-order valence-electron chi connectivity index (χ0n) is 14.1. The molecule has 3 heteroatoms. The lowest BCUT2D eigenvalue weighted by atomic mass is 10.0. The molecule has 118 valence electrons. The highest BCUT2D eigenvalue weighted by atomic mass is 16.3. The SMILES string of the molecule is Cc1ccc(N2CCC(C(C)O)C2)c(CNC(C)(C)C)c1. The molecule has 0 aromatic heterocycles. The number of benzene rings is 1. The van der Waals surface area contributed by atoms with Gasteiger partial charge < -0.3 is 15.3 Å². The van der Waals surface area contributed by atoms with Crippen LogP contribution in [0, 0.1) is 12.8 Å². The summed E-state index contributed by atoms with van der Waals surface area (Å²) in [5, 5.41) is 13.4. The van der Waals surface area contributed by atoms with Crippen molar-refractivity contribution in [3.63, 3.8) is 0 Å². The first-order chi connectivity index (χ1) is 9.76. The monoisotopic (exact) mass is 290 g/mol. The van der Waals surface area contributed by atoms with Crippen LogP contribution in [0.5, 0.6) is 0 Å². The molecule has 0 aliphatic carbocycles. The second-order valence-corrected chi connectivity index (χ2v) is 7.47. The second kappa shape index (κ2) is 6.37. The van der Waals surface area contributed by atoms with Crippen molar-refractivity contribution in [1.29, 1.82) is 0 Å². The van der Waals surface area contributed by atoms with E-state index in [9.17, 15) is 5.11 Å². The molecular formula is C18H30N2O. The maximum Gasteiger partial charge on any atom is 0.0557 e. The summed E-state index contributed by atoms with van der Waals surface area (Å²) in [6, 6.07) is 6.70. The van der Waals surface area contributed by atoms with Crippen LogP contribution in [0.25, 0.3) is 0 Å². The van der Waals surface area contributed by atoms with Crippen molar-refractivity contribution in [2.24, 2.45) is 5.92 Å². The standard InChI is InChI=1S/C18H30N2O/c1-13-6-7-17(16(10-13)11-19-18(3,4)5)20-9-8-15(12-20)14(2)21/h6-7,10,14-15,19,21H,8-9,11-12H2,1-5H3. The zero-order chi connectivity index (χ0) is 15.6. The Bertz CT molecular complexity index is 477. The molecule has 0 amide bonds. The Morgan fingerprint density at radius 3 is 2.67 bits per heavy atom. The van der Waals surface area contributed by atoms with Gasteiger partial charge in [0.05, 0.1) is 6.10 Å². The smallest absolute Gasteiger partial charge is 0.0557 e. The van der Waals surface area contributed by atoms with Gasteiger partial charge in [0, 0.05) is 36.8 Å². The number of aliphatic hydroxyl groups is 1. The molecule has 1 aliphatic heterocycles. The topological polar surface area (TPSA) is 35.5 Å². The van der Waals surface area contributed by atoms with Gasteiger partial charge in [-0.15, -0.1) is 0 Å². The van der Waals surface area contributed by atoms with E-state index >= 15 is 0 Å². The van der Waals surface area contributed by atoms with Crippen LogP contribution in [0.4, 0.5) is 5.69 Å². The van der Waals surface area contributed by atoms with Crippen LogP contribution in [0.3, 0.4) is 0 Å². The van der Waals surface area contributed by atoms with Gasteiger partial charge in [0.2, 0.25) is 0 Å². The molecule has 1 heterocycles. The predicted octanol–water partition coefficient (Wildman–Crippen LogP) is 3.09. The minimum Gasteiger partial charge on any atom is -0.393 e. The number of aliphatic hydroxyl groups excluding tert-OH is 1. The molecule has 2 unspecified atom stereocenters. The molecule has 0 saturated carbocycles. The van der Waals surface area contributed by atoms with E-state index in [1.165, 1.54) is 16.8 Å². The summed E-state index contributed by atoms with van der Waals surface area (Å²) in [6.45, 7) is 13.5. The number of nitrogens with zero attached hydrogens (tertiary/aromatic N) is 1. The number of rotatable bonds is 4. The average Bonchev–Trinajstić information content (AvgIpc) is 2.85. The van der Waals surface area contributed by atoms with Crippen LogP contribution < -0.4 is 10.2 Å². The van der Waals surface area contributed by atoms with Crippen molar-refractivity contribution in [2.45, 2.75) is 59.2 Å². The van der Waals surface area contributed by atoms with Crippen molar-refractivity contribution in [3.05, 3.63) is 29.3 Å². The molecule has 2 rings (SSSR count). The van der Waals surface area contributed by atoms with E-state index < -0.39 is 0 Å². The molecule has 1 aliphatic rings. The van der Waals surface area contributed by atoms with Gasteiger partial charge in [-0.25, -0.2) is 0 Å². The molecule has 3 nitrogen and oxygen atoms in total. The lowest BCUT2D eigenvalue weighted by Crippen LogP contribution is -2.35. The molecule has 0 bridgehead atoms. The quantitative estimate of drug-likeness (QED) is 0.894. The fourth-order valence-corrected chi connectivity index (χ4v) is 2.92. The largest absolute Gasteiger partial charge is 0.393 e. The second-order valence-electron chi connectivity index (χ2n) is 7.47. The Kier molecular flexibility index (Phi) is 4.95. The lowest BCUT2D eigenvalue weighted by Gasteiger charge is -2.26. The third-order valence-corrected chi connectivity index (χ3v) is 4.29. The Balaban J connectivity index is 2.15. The molecule has 0 spiro atoms. The Morgan fingerprint density at radius 1 is 1.38 bits per heavy atom. The molecule has 0 radical (unpaired) electrons. The summed E-state index contributed by atoms with van der Waals surface area (Å²) in [5.74, 6) is 0.398. The van der Waals surface area contributed by atoms with E-state index in [-0.39, 0.29) is 11.6 Å². The molecule has 1 saturated heterocycles. The van der Waals surface area contributed by atoms with Gasteiger partial charge in [0.15, 0.2) is 0 Å². The number of nitrogens with one attached hydrogen (secondary N) is 1. The Hall–Kier alpha value is -1.06. The van der Waals surface area contributed by atoms with Gasteiger partial charge in [0.1, 0.15) is 0 Å². The third kappa shape index (κ3) is 4.45. The summed E-state index contributed by atoms with van der Waals surface area (Å²) >= 11 is 0. The van der Waals surface area contributed by atoms with Crippen molar-refractivity contribution >= 4 is 5.69 Å². The van der Waals surface area contributed by atoms with Crippen LogP contribution in [-0.4, -0.2) is 29.8 Å². The summed E-state index contributed by atoms with van der Waals surface area (Å²) in [6.07, 6.45) is 0.870. The van der Waals surface area contributed by atoms with Crippen molar-refractivity contribution in [2.75, 3.05) is 18.0 Å². The van der Waals surface area contributed by atoms with Gasteiger partial charge in [-0.05, 0) is 52.7 Å². The minimum absolute atomic E-state index is 0.119. The summed E-state index contributed by atoms with van der Waals surface area (Å²) < 4.78 is 0. The van der Waals surface area contributed by atoms with E-state index in [0.717, 1.165) is 26.1 Å². The minimum atomic E-state index is -0.211. The van der Waals surface area contributed by atoms with E-state index in [1.807, 2.05) is 6.92 Å². The van der Waals surface area contributed by atoms with Gasteiger partial charge >= 0.3 is 0 Å². The van der Waals surface area contributed by atoms with Crippen molar-refractivity contribution in [1.82, 2.24) is 5.32 Å². The van der Waals surface area contributed by atoms with Gasteiger partial charge in [-0.2, -0.15) is 0 Å². The highest BCUT2D eigenvalue weighted by Gasteiger charge is 2.27. The van der Waals surface area contributed by atoms with Gasteiger partial charge in [-0.1, -0.05) is 17.7 Å². The number of aryl methyl sites for hydroxylation is 1. The van der Waals surface area contributed by atoms with Crippen LogP contribution >= 0.6 is 0 Å². The predicted molar refractivity (Wildman–Crippen MR) is 89.8 cm³/mol. The molecular weight excluding hydrogens is 260 g/mol. The number of hydrogen-bond donors (Lipinski definition) is 2. The normalized spacial score (nSPS) is 20.9. The molecule has 1 aromatic rings. The molecule has 2 N–H and O–H groups in total. The van der Waals surface area contributed by atoms with Crippen molar-refractivity contribution < 1.29 is 5.11 Å². The number of hydrogen-bond acceptors (Lipinski definition) is 3. The summed E-state index contributed by atoms with van der Waals surface area (Å²) in [7, 11) is 0. The highest BCUT2D eigenvalue weighted by molar-refractivity contribution is 5.55. The van der Waals surface area contributed by atoms with E-state index in [1.54, 1.807) is 0 Å². The van der Waals surface area contributed by atoms with E-state index in [4.69, 9.17) is 0 Å². The maximum absolute atomic E-state index is 9.80. The van der Waals surface area contributed by atoms with Crippen LogP contribution in [0.2, 0.25) is 0 Å². The Labute approximate surface area is 129 Å². The van der Waals surface area contributed by atoms with E-state index in [0.29, 0.717) is 5.92 Å². The first-order valence-corrected chi connectivity index (χ1v) is 8.04. The van der Waals surface area contributed by atoms with E-state index in [2.05, 4.69) is 56.1 Å².